The van der Waals surface area contributed by atoms with Crippen LogP contribution in [0.1, 0.15) is 12.1 Å². The average Bonchev–Trinajstić information content (AvgIpc) is 2.56. The van der Waals surface area contributed by atoms with Crippen molar-refractivity contribution in [3.8, 4) is 0 Å². The molecule has 0 aliphatic carbocycles. The number of aryl methyl sites for hydroxylation is 1. The number of aromatic nitrogens is 1. The predicted molar refractivity (Wildman–Crippen MR) is 60.3 cm³/mol. The van der Waals surface area contributed by atoms with E-state index in [1.54, 1.807) is 0 Å². The van der Waals surface area contributed by atoms with E-state index in [9.17, 15) is 4.79 Å². The second-order valence-corrected chi connectivity index (χ2v) is 4.40. The predicted octanol–water partition coefficient (Wildman–Crippen LogP) is 2.81. The smallest absolute Gasteiger partial charge is 0.152 e. The van der Waals surface area contributed by atoms with Crippen LogP contribution in [0.3, 0.4) is 0 Å². The van der Waals surface area contributed by atoms with Gasteiger partial charge in [0.25, 0.3) is 0 Å². The number of halogens is 1. The Balaban J connectivity index is 2.30. The Morgan fingerprint density at radius 2 is 2.07 bits per heavy atom. The van der Waals surface area contributed by atoms with E-state index in [1.165, 1.54) is 11.1 Å². The molecule has 15 heavy (non-hydrogen) atoms. The van der Waals surface area contributed by atoms with E-state index in [1.807, 2.05) is 18.2 Å². The summed E-state index contributed by atoms with van der Waals surface area (Å²) in [6.07, 6.45) is 1.52. The topological polar surface area (TPSA) is 22.0 Å². The van der Waals surface area contributed by atoms with Crippen LogP contribution in [0, 0.1) is 0 Å². The Bertz CT molecular complexity index is 556. The number of ketones is 1. The molecule has 3 rings (SSSR count). The van der Waals surface area contributed by atoms with Crippen molar-refractivity contribution in [3.05, 3.63) is 35.0 Å². The number of carbonyl (C=O) groups excluding carboxylic acids is 1. The lowest BCUT2D eigenvalue weighted by Gasteiger charge is -2.14. The Kier molecular flexibility index (Phi) is 1.86. The minimum atomic E-state index is 0.306. The molecule has 0 fully saturated rings. The lowest BCUT2D eigenvalue weighted by Crippen LogP contribution is -2.18. The van der Waals surface area contributed by atoms with E-state index >= 15 is 0 Å². The van der Waals surface area contributed by atoms with Gasteiger partial charge in [0.05, 0.1) is 12.1 Å². The highest BCUT2D eigenvalue weighted by Crippen LogP contribution is 2.26. The molecular formula is C12H10ClNO. The first-order valence-corrected chi connectivity index (χ1v) is 5.41. The molecule has 0 amide bonds. The molecular weight excluding hydrogens is 210 g/mol. The van der Waals surface area contributed by atoms with E-state index in [-0.39, 0.29) is 0 Å². The van der Waals surface area contributed by atoms with Crippen LogP contribution in [-0.4, -0.2) is 10.4 Å². The Hall–Kier alpha value is -1.28. The van der Waals surface area contributed by atoms with Gasteiger partial charge >= 0.3 is 0 Å². The van der Waals surface area contributed by atoms with E-state index in [4.69, 9.17) is 11.6 Å². The van der Waals surface area contributed by atoms with E-state index < -0.39 is 0 Å². The number of nitrogens with zero attached hydrogens (tertiary/aromatic N) is 1. The molecule has 0 saturated carbocycles. The molecule has 1 aliphatic heterocycles. The summed E-state index contributed by atoms with van der Waals surface area (Å²) in [5.74, 6) is 0.306. The fourth-order valence-corrected chi connectivity index (χ4v) is 2.37. The average molecular weight is 220 g/mol. The third-order valence-electron chi connectivity index (χ3n) is 2.95. The van der Waals surface area contributed by atoms with Gasteiger partial charge in [-0.1, -0.05) is 17.7 Å². The third kappa shape index (κ3) is 1.37. The molecule has 0 atom stereocenters. The first-order valence-electron chi connectivity index (χ1n) is 5.03. The molecule has 0 unspecified atom stereocenters. The monoisotopic (exact) mass is 219 g/mol. The Morgan fingerprint density at radius 1 is 1.20 bits per heavy atom. The molecule has 0 radical (unpaired) electrons. The van der Waals surface area contributed by atoms with Crippen molar-refractivity contribution in [2.45, 2.75) is 19.4 Å². The maximum atomic E-state index is 11.4. The van der Waals surface area contributed by atoms with Crippen molar-refractivity contribution in [1.82, 2.24) is 4.57 Å². The SMILES string of the molecule is O=C1CCc2cc3ccc(Cl)cc3n2C1. The number of Topliss-reactive ketones (excluding diaryl/α,β-unsaturated/α-hetero) is 1. The van der Waals surface area contributed by atoms with Gasteiger partial charge in [-0.3, -0.25) is 4.79 Å². The molecule has 1 aliphatic rings. The molecule has 2 heterocycles. The van der Waals surface area contributed by atoms with Gasteiger partial charge in [0.15, 0.2) is 5.78 Å². The van der Waals surface area contributed by atoms with E-state index in [2.05, 4.69) is 10.6 Å². The standard InChI is InChI=1S/C12H10ClNO/c13-9-2-1-8-5-10-3-4-11(15)7-14(10)12(8)6-9/h1-2,5-6H,3-4,7H2. The molecule has 0 saturated heterocycles. The highest BCUT2D eigenvalue weighted by molar-refractivity contribution is 6.31. The number of fused-ring (bicyclic) bond motifs is 3. The zero-order valence-corrected chi connectivity index (χ0v) is 8.92. The first-order chi connectivity index (χ1) is 7.24. The summed E-state index contributed by atoms with van der Waals surface area (Å²) in [6, 6.07) is 7.97. The second-order valence-electron chi connectivity index (χ2n) is 3.96. The highest BCUT2D eigenvalue weighted by Gasteiger charge is 2.17. The van der Waals surface area contributed by atoms with Crippen LogP contribution in [0.25, 0.3) is 10.9 Å². The largest absolute Gasteiger partial charge is 0.337 e. The molecule has 1 aromatic heterocycles. The second kappa shape index (κ2) is 3.11. The number of hydrogen-bond donors (Lipinski definition) is 0. The molecule has 2 aromatic rings. The normalized spacial score (nSPS) is 15.7. The van der Waals surface area contributed by atoms with Crippen LogP contribution in [0.2, 0.25) is 5.02 Å². The third-order valence-corrected chi connectivity index (χ3v) is 3.18. The fraction of sp³-hybridized carbons (Fsp3) is 0.250. The van der Waals surface area contributed by atoms with Crippen LogP contribution < -0.4 is 0 Å². The number of carbonyl (C=O) groups is 1. The van der Waals surface area contributed by atoms with Crippen LogP contribution in [0.5, 0.6) is 0 Å². The van der Waals surface area contributed by atoms with Gasteiger partial charge in [-0.2, -0.15) is 0 Å². The first kappa shape index (κ1) is 8.98. The Morgan fingerprint density at radius 3 is 2.93 bits per heavy atom. The number of benzene rings is 1. The fourth-order valence-electron chi connectivity index (χ4n) is 2.20. The van der Waals surface area contributed by atoms with Gasteiger partial charge in [0, 0.05) is 17.1 Å². The van der Waals surface area contributed by atoms with Crippen molar-refractivity contribution in [1.29, 1.82) is 0 Å². The van der Waals surface area contributed by atoms with Gasteiger partial charge in [-0.05, 0) is 30.0 Å². The molecule has 0 spiro atoms. The lowest BCUT2D eigenvalue weighted by molar-refractivity contribution is -0.120. The van der Waals surface area contributed by atoms with Crippen molar-refractivity contribution >= 4 is 28.3 Å². The molecule has 2 nitrogen and oxygen atoms in total. The van der Waals surface area contributed by atoms with E-state index in [0.717, 1.165) is 17.0 Å². The van der Waals surface area contributed by atoms with E-state index in [0.29, 0.717) is 18.7 Å². The molecule has 0 bridgehead atoms. The molecule has 3 heteroatoms. The van der Waals surface area contributed by atoms with Gasteiger partial charge in [-0.25, -0.2) is 0 Å². The van der Waals surface area contributed by atoms with Crippen molar-refractivity contribution in [2.24, 2.45) is 0 Å². The number of rotatable bonds is 0. The summed E-state index contributed by atoms with van der Waals surface area (Å²) >= 11 is 5.96. The minimum Gasteiger partial charge on any atom is -0.337 e. The quantitative estimate of drug-likeness (QED) is 0.668. The summed E-state index contributed by atoms with van der Waals surface area (Å²) in [7, 11) is 0. The summed E-state index contributed by atoms with van der Waals surface area (Å²) < 4.78 is 2.08. The van der Waals surface area contributed by atoms with Crippen molar-refractivity contribution < 1.29 is 4.79 Å². The molecule has 1 aromatic carbocycles. The van der Waals surface area contributed by atoms with Gasteiger partial charge in [0.1, 0.15) is 0 Å². The van der Waals surface area contributed by atoms with Crippen LogP contribution in [0.15, 0.2) is 24.3 Å². The summed E-state index contributed by atoms with van der Waals surface area (Å²) in [6.45, 7) is 0.499. The maximum Gasteiger partial charge on any atom is 0.152 e. The lowest BCUT2D eigenvalue weighted by atomic mass is 10.1. The summed E-state index contributed by atoms with van der Waals surface area (Å²) in [4.78, 5) is 11.4. The molecule has 0 N–H and O–H groups in total. The number of hydrogen-bond acceptors (Lipinski definition) is 1. The van der Waals surface area contributed by atoms with Gasteiger partial charge < -0.3 is 4.57 Å². The van der Waals surface area contributed by atoms with Gasteiger partial charge in [0.2, 0.25) is 0 Å². The highest BCUT2D eigenvalue weighted by atomic mass is 35.5. The van der Waals surface area contributed by atoms with Gasteiger partial charge in [-0.15, -0.1) is 0 Å². The maximum absolute atomic E-state index is 11.4. The zero-order valence-electron chi connectivity index (χ0n) is 8.16. The Labute approximate surface area is 92.5 Å². The summed E-state index contributed by atoms with van der Waals surface area (Å²) in [5.41, 5.74) is 2.32. The zero-order chi connectivity index (χ0) is 10.4. The minimum absolute atomic E-state index is 0.306. The van der Waals surface area contributed by atoms with Crippen molar-refractivity contribution in [3.63, 3.8) is 0 Å². The van der Waals surface area contributed by atoms with Crippen molar-refractivity contribution in [2.75, 3.05) is 0 Å². The van der Waals surface area contributed by atoms with Crippen LogP contribution >= 0.6 is 11.6 Å². The van der Waals surface area contributed by atoms with Crippen LogP contribution in [0.4, 0.5) is 0 Å². The summed E-state index contributed by atoms with van der Waals surface area (Å²) in [5, 5.41) is 1.89. The molecule has 76 valence electrons. The van der Waals surface area contributed by atoms with Crippen LogP contribution in [-0.2, 0) is 17.8 Å².